The molecule has 0 aliphatic rings. The third-order valence-corrected chi connectivity index (χ3v) is 6.00. The van der Waals surface area contributed by atoms with Gasteiger partial charge in [0.15, 0.2) is 0 Å². The Morgan fingerprint density at radius 1 is 1.04 bits per heavy atom. The molecule has 1 aromatic heterocycles. The van der Waals surface area contributed by atoms with Crippen LogP contribution in [0, 0.1) is 5.82 Å². The molecule has 2 aromatic carbocycles. The van der Waals surface area contributed by atoms with Crippen molar-refractivity contribution in [2.24, 2.45) is 0 Å². The first-order valence-electron chi connectivity index (χ1n) is 8.34. The molecule has 0 aliphatic carbocycles. The second-order valence-corrected chi connectivity index (χ2v) is 8.64. The van der Waals surface area contributed by atoms with Crippen molar-refractivity contribution in [1.82, 2.24) is 14.9 Å². The minimum absolute atomic E-state index is 0.0658. The summed E-state index contributed by atoms with van der Waals surface area (Å²) >= 11 is 1.26. The van der Waals surface area contributed by atoms with Crippen LogP contribution >= 0.6 is 11.3 Å². The van der Waals surface area contributed by atoms with Gasteiger partial charge < -0.3 is 5.32 Å². The predicted molar refractivity (Wildman–Crippen MR) is 104 cm³/mol. The minimum Gasteiger partial charge on any atom is -0.300 e. The molecule has 0 radical (unpaired) electrons. The van der Waals surface area contributed by atoms with Crippen LogP contribution in [0.3, 0.4) is 0 Å². The second-order valence-electron chi connectivity index (χ2n) is 5.81. The molecule has 1 amide bonds. The summed E-state index contributed by atoms with van der Waals surface area (Å²) in [6, 6.07) is 14.2. The fraction of sp³-hybridized carbons (Fsp3) is 0.167. The van der Waals surface area contributed by atoms with Gasteiger partial charge in [-0.1, -0.05) is 41.7 Å². The summed E-state index contributed by atoms with van der Waals surface area (Å²) in [5.74, 6) is -0.911. The van der Waals surface area contributed by atoms with Gasteiger partial charge in [-0.15, -0.1) is 10.2 Å². The van der Waals surface area contributed by atoms with Crippen LogP contribution in [0.4, 0.5) is 9.52 Å². The molecule has 0 fully saturated rings. The Labute approximate surface area is 165 Å². The summed E-state index contributed by atoms with van der Waals surface area (Å²) in [6.07, 6.45) is 0.542. The maximum absolute atomic E-state index is 12.9. The number of sulfonamides is 1. The number of amides is 1. The molecule has 0 saturated heterocycles. The molecular weight excluding hydrogens is 403 g/mol. The molecule has 146 valence electrons. The van der Waals surface area contributed by atoms with Gasteiger partial charge in [-0.05, 0) is 29.8 Å². The molecule has 28 heavy (non-hydrogen) atoms. The molecule has 0 atom stereocenters. The molecule has 7 nitrogen and oxygen atoms in total. The van der Waals surface area contributed by atoms with Crippen molar-refractivity contribution in [2.75, 3.05) is 11.9 Å². The zero-order valence-corrected chi connectivity index (χ0v) is 16.3. The Balaban J connectivity index is 1.47. The normalized spacial score (nSPS) is 11.3. The molecule has 0 aliphatic heterocycles. The van der Waals surface area contributed by atoms with Crippen molar-refractivity contribution in [2.45, 2.75) is 17.7 Å². The van der Waals surface area contributed by atoms with E-state index in [2.05, 4.69) is 20.2 Å². The summed E-state index contributed by atoms with van der Waals surface area (Å²) in [5, 5.41) is 11.7. The van der Waals surface area contributed by atoms with Crippen molar-refractivity contribution in [3.8, 4) is 0 Å². The molecule has 3 rings (SSSR count). The number of hydrogen-bond acceptors (Lipinski definition) is 6. The Kier molecular flexibility index (Phi) is 6.45. The standard InChI is InChI=1S/C18H17FN4O3S2/c19-14-6-8-15(9-7-14)28(25,26)20-11-10-16(24)21-18-23-22-17(27-18)12-13-4-2-1-3-5-13/h1-9,20H,10-12H2,(H,21,23,24). The Hall–Kier alpha value is -2.69. The maximum Gasteiger partial charge on any atom is 0.240 e. The van der Waals surface area contributed by atoms with Crippen LogP contribution in [0.25, 0.3) is 0 Å². The number of anilines is 1. The highest BCUT2D eigenvalue weighted by atomic mass is 32.2. The topological polar surface area (TPSA) is 101 Å². The number of hydrogen-bond donors (Lipinski definition) is 2. The summed E-state index contributed by atoms with van der Waals surface area (Å²) in [6.45, 7) is -0.0960. The van der Waals surface area contributed by atoms with Gasteiger partial charge in [0, 0.05) is 19.4 Å². The molecular formula is C18H17FN4O3S2. The Morgan fingerprint density at radius 2 is 1.75 bits per heavy atom. The smallest absolute Gasteiger partial charge is 0.240 e. The maximum atomic E-state index is 12.9. The zero-order valence-electron chi connectivity index (χ0n) is 14.6. The quantitative estimate of drug-likeness (QED) is 0.583. The first kappa shape index (κ1) is 20.1. The van der Waals surface area contributed by atoms with Crippen LogP contribution in [0.2, 0.25) is 0 Å². The van der Waals surface area contributed by atoms with E-state index < -0.39 is 15.8 Å². The number of nitrogens with one attached hydrogen (secondary N) is 2. The number of carbonyl (C=O) groups is 1. The van der Waals surface area contributed by atoms with Crippen LogP contribution in [0.15, 0.2) is 59.5 Å². The van der Waals surface area contributed by atoms with Crippen LogP contribution in [0.5, 0.6) is 0 Å². The van der Waals surface area contributed by atoms with E-state index in [4.69, 9.17) is 0 Å². The summed E-state index contributed by atoms with van der Waals surface area (Å²) < 4.78 is 39.3. The molecule has 3 aromatic rings. The largest absolute Gasteiger partial charge is 0.300 e. The number of nitrogens with zero attached hydrogens (tertiary/aromatic N) is 2. The number of halogens is 1. The Morgan fingerprint density at radius 3 is 2.46 bits per heavy atom. The molecule has 2 N–H and O–H groups in total. The van der Waals surface area contributed by atoms with Crippen LogP contribution < -0.4 is 10.0 Å². The summed E-state index contributed by atoms with van der Waals surface area (Å²) in [5.41, 5.74) is 1.09. The molecule has 1 heterocycles. The first-order valence-corrected chi connectivity index (χ1v) is 10.6. The van der Waals surface area contributed by atoms with E-state index in [1.807, 2.05) is 30.3 Å². The van der Waals surface area contributed by atoms with E-state index in [0.29, 0.717) is 11.6 Å². The van der Waals surface area contributed by atoms with Crippen molar-refractivity contribution in [1.29, 1.82) is 0 Å². The highest BCUT2D eigenvalue weighted by Gasteiger charge is 2.15. The monoisotopic (exact) mass is 420 g/mol. The summed E-state index contributed by atoms with van der Waals surface area (Å²) in [4.78, 5) is 11.9. The van der Waals surface area contributed by atoms with Gasteiger partial charge in [-0.2, -0.15) is 0 Å². The molecule has 0 spiro atoms. The lowest BCUT2D eigenvalue weighted by Crippen LogP contribution is -2.27. The van der Waals surface area contributed by atoms with Gasteiger partial charge in [0.1, 0.15) is 10.8 Å². The first-order chi connectivity index (χ1) is 13.4. The lowest BCUT2D eigenvalue weighted by Gasteiger charge is -2.06. The SMILES string of the molecule is O=C(CCNS(=O)(=O)c1ccc(F)cc1)Nc1nnc(Cc2ccccc2)s1. The predicted octanol–water partition coefficient (Wildman–Crippen LogP) is 2.58. The number of benzene rings is 2. The van der Waals surface area contributed by atoms with Crippen LogP contribution in [0.1, 0.15) is 17.0 Å². The Bertz CT molecular complexity index is 1040. The zero-order chi connectivity index (χ0) is 20.0. The van der Waals surface area contributed by atoms with Gasteiger partial charge >= 0.3 is 0 Å². The summed E-state index contributed by atoms with van der Waals surface area (Å²) in [7, 11) is -3.80. The van der Waals surface area contributed by atoms with Crippen molar-refractivity contribution >= 4 is 32.4 Å². The average molecular weight is 420 g/mol. The third kappa shape index (κ3) is 5.65. The van der Waals surface area contributed by atoms with E-state index in [9.17, 15) is 17.6 Å². The molecule has 0 unspecified atom stereocenters. The number of carbonyl (C=O) groups excluding carboxylic acids is 1. The highest BCUT2D eigenvalue weighted by Crippen LogP contribution is 2.18. The van der Waals surface area contributed by atoms with E-state index >= 15 is 0 Å². The van der Waals surface area contributed by atoms with E-state index in [-0.39, 0.29) is 23.8 Å². The van der Waals surface area contributed by atoms with Crippen LogP contribution in [-0.2, 0) is 21.2 Å². The molecule has 10 heteroatoms. The van der Waals surface area contributed by atoms with Crippen molar-refractivity contribution in [3.63, 3.8) is 0 Å². The van der Waals surface area contributed by atoms with E-state index in [1.54, 1.807) is 0 Å². The highest BCUT2D eigenvalue weighted by molar-refractivity contribution is 7.89. The van der Waals surface area contributed by atoms with Gasteiger partial charge in [0.05, 0.1) is 4.90 Å². The number of aromatic nitrogens is 2. The van der Waals surface area contributed by atoms with Gasteiger partial charge in [-0.3, -0.25) is 4.79 Å². The van der Waals surface area contributed by atoms with Gasteiger partial charge in [0.25, 0.3) is 0 Å². The lowest BCUT2D eigenvalue weighted by atomic mass is 10.2. The van der Waals surface area contributed by atoms with E-state index in [0.717, 1.165) is 34.8 Å². The van der Waals surface area contributed by atoms with Gasteiger partial charge in [-0.25, -0.2) is 17.5 Å². The second kappa shape index (κ2) is 9.00. The van der Waals surface area contributed by atoms with Gasteiger partial charge in [0.2, 0.25) is 21.1 Å². The minimum atomic E-state index is -3.80. The fourth-order valence-electron chi connectivity index (χ4n) is 2.32. The van der Waals surface area contributed by atoms with E-state index in [1.165, 1.54) is 11.3 Å². The third-order valence-electron chi connectivity index (χ3n) is 3.68. The lowest BCUT2D eigenvalue weighted by molar-refractivity contribution is -0.116. The van der Waals surface area contributed by atoms with Crippen molar-refractivity contribution < 1.29 is 17.6 Å². The molecule has 0 saturated carbocycles. The average Bonchev–Trinajstić information content (AvgIpc) is 3.09. The molecule has 0 bridgehead atoms. The fourth-order valence-corrected chi connectivity index (χ4v) is 4.15. The number of rotatable bonds is 8. The van der Waals surface area contributed by atoms with Crippen molar-refractivity contribution in [3.05, 3.63) is 71.0 Å². The van der Waals surface area contributed by atoms with Crippen LogP contribution in [-0.4, -0.2) is 31.1 Å².